The van der Waals surface area contributed by atoms with Crippen molar-refractivity contribution in [3.8, 4) is 5.88 Å². The molecule has 0 radical (unpaired) electrons. The lowest BCUT2D eigenvalue weighted by Gasteiger charge is -2.27. The van der Waals surface area contributed by atoms with Crippen molar-refractivity contribution in [2.24, 2.45) is 0 Å². The highest BCUT2D eigenvalue weighted by molar-refractivity contribution is 7.92. The summed E-state index contributed by atoms with van der Waals surface area (Å²) in [6, 6.07) is 16.0. The number of amides is 1. The number of rotatable bonds is 15. The molecule has 4 fully saturated rings. The molecule has 4 heterocycles. The van der Waals surface area contributed by atoms with Gasteiger partial charge in [-0.1, -0.05) is 35.6 Å². The largest absolute Gasteiger partial charge is 0.479 e. The van der Waals surface area contributed by atoms with Crippen molar-refractivity contribution in [3.05, 3.63) is 71.8 Å². The minimum absolute atomic E-state index is 0.139. The molecule has 2 aliphatic carbocycles. The van der Waals surface area contributed by atoms with Crippen molar-refractivity contribution in [2.75, 3.05) is 38.4 Å². The van der Waals surface area contributed by atoms with E-state index in [9.17, 15) is 31.5 Å². The molecule has 8 rings (SSSR count). The number of ether oxygens (including phenoxy) is 5. The summed E-state index contributed by atoms with van der Waals surface area (Å²) in [6.07, 6.45) is 3.20. The number of sulfone groups is 2. The summed E-state index contributed by atoms with van der Waals surface area (Å²) in [6.45, 7) is 4.67. The van der Waals surface area contributed by atoms with Gasteiger partial charge in [-0.15, -0.1) is 0 Å². The number of benzene rings is 2. The van der Waals surface area contributed by atoms with Gasteiger partial charge in [0.2, 0.25) is 5.88 Å². The molecule has 2 atom stereocenters. The molecular formula is C40H47N3O12S3. The Labute approximate surface area is 341 Å². The minimum Gasteiger partial charge on any atom is -0.479 e. The van der Waals surface area contributed by atoms with Crippen LogP contribution in [0.15, 0.2) is 70.5 Å². The fourth-order valence-electron chi connectivity index (χ4n) is 6.64. The van der Waals surface area contributed by atoms with Crippen molar-refractivity contribution in [1.82, 2.24) is 9.97 Å². The smallest absolute Gasteiger partial charge is 0.337 e. The maximum absolute atomic E-state index is 13.4. The number of thiazole rings is 1. The zero-order valence-corrected chi connectivity index (χ0v) is 34.4. The molecule has 312 valence electrons. The number of anilines is 1. The molecule has 15 nitrogen and oxygen atoms in total. The van der Waals surface area contributed by atoms with Gasteiger partial charge in [0.1, 0.15) is 10.3 Å². The van der Waals surface area contributed by atoms with Gasteiger partial charge in [0, 0.05) is 32.5 Å². The van der Waals surface area contributed by atoms with Gasteiger partial charge in [0.15, 0.2) is 37.0 Å². The van der Waals surface area contributed by atoms with Crippen LogP contribution in [-0.2, 0) is 48.2 Å². The number of hydrogen-bond acceptors (Lipinski definition) is 14. The Kier molecular flexibility index (Phi) is 13.4. The summed E-state index contributed by atoms with van der Waals surface area (Å²) in [5.41, 5.74) is 1.70. The van der Waals surface area contributed by atoms with Gasteiger partial charge < -0.3 is 28.8 Å². The third kappa shape index (κ3) is 10.4. The molecule has 2 saturated carbocycles. The van der Waals surface area contributed by atoms with Crippen LogP contribution in [0.4, 0.5) is 5.13 Å². The van der Waals surface area contributed by atoms with Crippen molar-refractivity contribution >= 4 is 58.4 Å². The molecule has 2 unspecified atom stereocenters. The highest BCUT2D eigenvalue weighted by Gasteiger charge is 2.38. The van der Waals surface area contributed by atoms with Crippen molar-refractivity contribution in [2.45, 2.75) is 103 Å². The topological polar surface area (TPSA) is 207 Å². The first-order valence-corrected chi connectivity index (χ1v) is 23.4. The van der Waals surface area contributed by atoms with Gasteiger partial charge in [-0.25, -0.2) is 31.6 Å². The second kappa shape index (κ2) is 18.5. The molecule has 18 heteroatoms. The van der Waals surface area contributed by atoms with Gasteiger partial charge >= 0.3 is 5.97 Å². The molecule has 2 aliphatic heterocycles. The average molecular weight is 858 g/mol. The SMILES string of the molecule is CCOc1ccc2nc(NC(=O)C(OC3CCOCC3)c3ccc(S(=O)(=O)C4CC4)cc3)sc2n1.O=C(O)C(OC1CCOCC1)c1ccc(S(=O)(=O)C2CC2)cc1. The molecule has 4 aromatic rings. The van der Waals surface area contributed by atoms with Crippen LogP contribution in [0.25, 0.3) is 10.3 Å². The summed E-state index contributed by atoms with van der Waals surface area (Å²) in [5.74, 6) is -0.948. The van der Waals surface area contributed by atoms with E-state index in [1.165, 1.54) is 35.6 Å². The number of aromatic nitrogens is 2. The third-order valence-electron chi connectivity index (χ3n) is 10.2. The molecule has 1 amide bonds. The summed E-state index contributed by atoms with van der Waals surface area (Å²) in [4.78, 5) is 34.9. The van der Waals surface area contributed by atoms with Crippen molar-refractivity contribution in [1.29, 1.82) is 0 Å². The predicted molar refractivity (Wildman–Crippen MR) is 213 cm³/mol. The second-order valence-corrected chi connectivity index (χ2v) is 20.0. The van der Waals surface area contributed by atoms with Gasteiger partial charge in [-0.2, -0.15) is 0 Å². The van der Waals surface area contributed by atoms with E-state index in [0.29, 0.717) is 117 Å². The van der Waals surface area contributed by atoms with Crippen LogP contribution in [-0.4, -0.2) is 99.5 Å². The van der Waals surface area contributed by atoms with Gasteiger partial charge in [0.25, 0.3) is 5.91 Å². The number of hydrogen-bond donors (Lipinski definition) is 2. The van der Waals surface area contributed by atoms with E-state index in [-0.39, 0.29) is 38.4 Å². The Bertz CT molecular complexity index is 2260. The quantitative estimate of drug-likeness (QED) is 0.144. The third-order valence-corrected chi connectivity index (χ3v) is 15.6. The molecule has 58 heavy (non-hydrogen) atoms. The summed E-state index contributed by atoms with van der Waals surface area (Å²) >= 11 is 1.25. The molecule has 4 aliphatic rings. The van der Waals surface area contributed by atoms with Crippen LogP contribution >= 0.6 is 11.3 Å². The van der Waals surface area contributed by atoms with Crippen molar-refractivity contribution in [3.63, 3.8) is 0 Å². The Morgan fingerprint density at radius 1 is 0.724 bits per heavy atom. The molecule has 2 N–H and O–H groups in total. The Balaban J connectivity index is 0.000000193. The number of carboxylic acid groups (broad SMARTS) is 1. The summed E-state index contributed by atoms with van der Waals surface area (Å²) in [5, 5.41) is 12.1. The number of carbonyl (C=O) groups is 2. The van der Waals surface area contributed by atoms with Crippen LogP contribution in [0.5, 0.6) is 5.88 Å². The monoisotopic (exact) mass is 857 g/mol. The van der Waals surface area contributed by atoms with E-state index < -0.39 is 37.9 Å². The van der Waals surface area contributed by atoms with Gasteiger partial charge in [-0.05, 0) is 99.7 Å². The first kappa shape index (κ1) is 42.1. The number of carbonyl (C=O) groups excluding carboxylic acids is 1. The zero-order chi connectivity index (χ0) is 40.9. The number of nitrogens with zero attached hydrogens (tertiary/aromatic N) is 2. The summed E-state index contributed by atoms with van der Waals surface area (Å²) < 4.78 is 77.5. The highest BCUT2D eigenvalue weighted by atomic mass is 32.2. The first-order chi connectivity index (χ1) is 27.9. The maximum atomic E-state index is 13.4. The molecular weight excluding hydrogens is 811 g/mol. The number of fused-ring (bicyclic) bond motifs is 1. The fraction of sp³-hybridized carbons (Fsp3) is 0.500. The number of carboxylic acids is 1. The fourth-order valence-corrected chi connectivity index (χ4v) is 10.8. The van der Waals surface area contributed by atoms with E-state index in [4.69, 9.17) is 23.7 Å². The van der Waals surface area contributed by atoms with E-state index in [0.717, 1.165) is 0 Å². The van der Waals surface area contributed by atoms with Crippen LogP contribution < -0.4 is 10.1 Å². The molecule has 2 saturated heterocycles. The standard InChI is InChI=1S/C24H27N3O6S2.C16H20O6S/c1-2-32-20-10-9-19-23(26-20)34-24(25-19)27-22(28)21(33-16-11-13-31-14-12-16)15-3-5-17(6-4-15)35(29,30)18-7-8-18;17-16(18)15(22-12-7-9-21-10-8-12)11-1-3-13(4-2-11)23(19,20)14-5-6-14/h3-6,9-10,16,18,21H,2,7-8,11-14H2,1H3,(H,25,27,28);1-4,12,14-15H,5-10H2,(H,17,18). The lowest BCUT2D eigenvalue weighted by molar-refractivity contribution is -0.158. The van der Waals surface area contributed by atoms with E-state index in [1.807, 2.05) is 6.92 Å². The lowest BCUT2D eigenvalue weighted by atomic mass is 10.1. The van der Waals surface area contributed by atoms with E-state index >= 15 is 0 Å². The molecule has 2 aromatic carbocycles. The van der Waals surface area contributed by atoms with Gasteiger partial charge in [-0.3, -0.25) is 10.1 Å². The van der Waals surface area contributed by atoms with E-state index in [2.05, 4.69) is 15.3 Å². The Morgan fingerprint density at radius 3 is 1.67 bits per heavy atom. The normalized spacial score (nSPS) is 19.1. The van der Waals surface area contributed by atoms with Gasteiger partial charge in [0.05, 0.1) is 39.1 Å². The van der Waals surface area contributed by atoms with Crippen LogP contribution in [0.3, 0.4) is 0 Å². The van der Waals surface area contributed by atoms with E-state index in [1.54, 1.807) is 36.4 Å². The Morgan fingerprint density at radius 2 is 1.21 bits per heavy atom. The Hall–Kier alpha value is -4.04. The predicted octanol–water partition coefficient (Wildman–Crippen LogP) is 5.85. The lowest BCUT2D eigenvalue weighted by Crippen LogP contribution is -2.31. The average Bonchev–Trinajstić information content (AvgIpc) is 4.17. The first-order valence-electron chi connectivity index (χ1n) is 19.5. The number of pyridine rings is 1. The van der Waals surface area contributed by atoms with Crippen LogP contribution in [0.2, 0.25) is 0 Å². The van der Waals surface area contributed by atoms with Crippen molar-refractivity contribution < 1.29 is 55.2 Å². The minimum atomic E-state index is -3.31. The molecule has 0 spiro atoms. The zero-order valence-electron chi connectivity index (χ0n) is 32.0. The van der Waals surface area contributed by atoms with Crippen LogP contribution in [0, 0.1) is 0 Å². The highest BCUT2D eigenvalue weighted by Crippen LogP contribution is 2.36. The number of aliphatic carboxylic acids is 1. The van der Waals surface area contributed by atoms with Crippen LogP contribution in [0.1, 0.15) is 81.6 Å². The summed E-state index contributed by atoms with van der Waals surface area (Å²) in [7, 11) is -6.57. The maximum Gasteiger partial charge on any atom is 0.337 e. The second-order valence-electron chi connectivity index (χ2n) is 14.5. The molecule has 0 bridgehead atoms. The number of nitrogens with one attached hydrogen (secondary N) is 1. The molecule has 2 aromatic heterocycles.